The molecule has 0 fully saturated rings. The summed E-state index contributed by atoms with van der Waals surface area (Å²) in [5.41, 5.74) is 7.93. The standard InChI is InChI=1S/C15H24N2O/c1-10(2)8-9-12(4)17-15(18)14-11(3)6-5-7-13(14)16/h5-7,10,12H,8-9,16H2,1-4H3,(H,17,18). The van der Waals surface area contributed by atoms with Gasteiger partial charge in [-0.1, -0.05) is 26.0 Å². The van der Waals surface area contributed by atoms with Crippen molar-refractivity contribution in [1.82, 2.24) is 5.32 Å². The summed E-state index contributed by atoms with van der Waals surface area (Å²) in [5, 5.41) is 3.01. The molecule has 0 heterocycles. The zero-order valence-corrected chi connectivity index (χ0v) is 11.8. The molecule has 0 aliphatic rings. The number of anilines is 1. The molecule has 1 rings (SSSR count). The van der Waals surface area contributed by atoms with E-state index in [4.69, 9.17) is 5.73 Å². The Kier molecular flexibility index (Phi) is 5.20. The Balaban J connectivity index is 2.65. The van der Waals surface area contributed by atoms with Crippen molar-refractivity contribution in [3.05, 3.63) is 29.3 Å². The minimum Gasteiger partial charge on any atom is -0.398 e. The van der Waals surface area contributed by atoms with Gasteiger partial charge in [-0.05, 0) is 44.2 Å². The van der Waals surface area contributed by atoms with Gasteiger partial charge in [0.25, 0.3) is 5.91 Å². The van der Waals surface area contributed by atoms with Crippen LogP contribution in [0.25, 0.3) is 0 Å². The van der Waals surface area contributed by atoms with E-state index in [2.05, 4.69) is 19.2 Å². The maximum atomic E-state index is 12.2. The van der Waals surface area contributed by atoms with E-state index < -0.39 is 0 Å². The van der Waals surface area contributed by atoms with Gasteiger partial charge in [0.15, 0.2) is 0 Å². The first-order valence-electron chi connectivity index (χ1n) is 6.57. The monoisotopic (exact) mass is 248 g/mol. The molecule has 0 spiro atoms. The molecule has 1 aromatic rings. The van der Waals surface area contributed by atoms with Gasteiger partial charge in [0, 0.05) is 11.7 Å². The lowest BCUT2D eigenvalue weighted by Gasteiger charge is -2.16. The number of aryl methyl sites for hydroxylation is 1. The fourth-order valence-electron chi connectivity index (χ4n) is 1.95. The van der Waals surface area contributed by atoms with Gasteiger partial charge in [-0.25, -0.2) is 0 Å². The Morgan fingerprint density at radius 3 is 2.50 bits per heavy atom. The summed E-state index contributed by atoms with van der Waals surface area (Å²) in [5.74, 6) is 0.592. The summed E-state index contributed by atoms with van der Waals surface area (Å²) >= 11 is 0. The highest BCUT2D eigenvalue weighted by molar-refractivity contribution is 6.00. The van der Waals surface area contributed by atoms with Gasteiger partial charge < -0.3 is 11.1 Å². The highest BCUT2D eigenvalue weighted by atomic mass is 16.1. The van der Waals surface area contributed by atoms with Crippen LogP contribution >= 0.6 is 0 Å². The molecule has 1 atom stereocenters. The average Bonchev–Trinajstić information content (AvgIpc) is 2.26. The highest BCUT2D eigenvalue weighted by Crippen LogP contribution is 2.16. The molecule has 1 amide bonds. The number of amides is 1. The van der Waals surface area contributed by atoms with E-state index in [1.807, 2.05) is 26.0 Å². The third-order valence-electron chi connectivity index (χ3n) is 3.09. The summed E-state index contributed by atoms with van der Waals surface area (Å²) in [4.78, 5) is 12.2. The molecule has 0 radical (unpaired) electrons. The first-order chi connectivity index (χ1) is 8.41. The van der Waals surface area contributed by atoms with Crippen molar-refractivity contribution in [3.63, 3.8) is 0 Å². The first kappa shape index (κ1) is 14.6. The van der Waals surface area contributed by atoms with Crippen LogP contribution in [0.5, 0.6) is 0 Å². The number of nitrogen functional groups attached to an aromatic ring is 1. The Morgan fingerprint density at radius 1 is 1.28 bits per heavy atom. The number of rotatable bonds is 5. The molecular weight excluding hydrogens is 224 g/mol. The molecule has 1 unspecified atom stereocenters. The zero-order chi connectivity index (χ0) is 13.7. The number of benzene rings is 1. The molecule has 18 heavy (non-hydrogen) atoms. The number of hydrogen-bond donors (Lipinski definition) is 2. The van der Waals surface area contributed by atoms with E-state index in [1.165, 1.54) is 0 Å². The molecule has 0 aliphatic heterocycles. The van der Waals surface area contributed by atoms with Crippen molar-refractivity contribution >= 4 is 11.6 Å². The topological polar surface area (TPSA) is 55.1 Å². The van der Waals surface area contributed by atoms with Crippen LogP contribution < -0.4 is 11.1 Å². The van der Waals surface area contributed by atoms with Crippen LogP contribution in [-0.2, 0) is 0 Å². The molecule has 3 nitrogen and oxygen atoms in total. The van der Waals surface area contributed by atoms with E-state index in [9.17, 15) is 4.79 Å². The van der Waals surface area contributed by atoms with Crippen molar-refractivity contribution in [2.24, 2.45) is 5.92 Å². The van der Waals surface area contributed by atoms with E-state index in [0.29, 0.717) is 17.2 Å². The molecule has 3 N–H and O–H groups in total. The average molecular weight is 248 g/mol. The van der Waals surface area contributed by atoms with Gasteiger partial charge >= 0.3 is 0 Å². The highest BCUT2D eigenvalue weighted by Gasteiger charge is 2.14. The van der Waals surface area contributed by atoms with E-state index in [-0.39, 0.29) is 11.9 Å². The SMILES string of the molecule is Cc1cccc(N)c1C(=O)NC(C)CCC(C)C. The second-order valence-corrected chi connectivity index (χ2v) is 5.38. The van der Waals surface area contributed by atoms with Gasteiger partial charge in [-0.2, -0.15) is 0 Å². The predicted octanol–water partition coefficient (Wildman–Crippen LogP) is 3.13. The number of hydrogen-bond acceptors (Lipinski definition) is 2. The minimum absolute atomic E-state index is 0.0677. The fraction of sp³-hybridized carbons (Fsp3) is 0.533. The Labute approximate surface area is 110 Å². The molecule has 0 bridgehead atoms. The van der Waals surface area contributed by atoms with Crippen molar-refractivity contribution in [2.75, 3.05) is 5.73 Å². The van der Waals surface area contributed by atoms with Crippen LogP contribution in [0, 0.1) is 12.8 Å². The van der Waals surface area contributed by atoms with Crippen molar-refractivity contribution in [3.8, 4) is 0 Å². The van der Waals surface area contributed by atoms with Crippen LogP contribution in [-0.4, -0.2) is 11.9 Å². The minimum atomic E-state index is -0.0677. The van der Waals surface area contributed by atoms with Crippen LogP contribution in [0.4, 0.5) is 5.69 Å². The first-order valence-corrected chi connectivity index (χ1v) is 6.57. The lowest BCUT2D eigenvalue weighted by atomic mass is 10.0. The van der Waals surface area contributed by atoms with Gasteiger partial charge in [0.2, 0.25) is 0 Å². The van der Waals surface area contributed by atoms with Gasteiger partial charge in [-0.3, -0.25) is 4.79 Å². The summed E-state index contributed by atoms with van der Waals surface area (Å²) in [6.45, 7) is 8.32. The van der Waals surface area contributed by atoms with E-state index in [1.54, 1.807) is 6.07 Å². The molecule has 0 aliphatic carbocycles. The van der Waals surface area contributed by atoms with E-state index >= 15 is 0 Å². The summed E-state index contributed by atoms with van der Waals surface area (Å²) in [7, 11) is 0. The Morgan fingerprint density at radius 2 is 1.94 bits per heavy atom. The Hall–Kier alpha value is -1.51. The fourth-order valence-corrected chi connectivity index (χ4v) is 1.95. The van der Waals surface area contributed by atoms with Crippen LogP contribution in [0.15, 0.2) is 18.2 Å². The second-order valence-electron chi connectivity index (χ2n) is 5.38. The summed E-state index contributed by atoms with van der Waals surface area (Å²) in [6.07, 6.45) is 2.11. The lowest BCUT2D eigenvalue weighted by Crippen LogP contribution is -2.33. The van der Waals surface area contributed by atoms with Gasteiger partial charge in [0.1, 0.15) is 0 Å². The smallest absolute Gasteiger partial charge is 0.253 e. The lowest BCUT2D eigenvalue weighted by molar-refractivity contribution is 0.0937. The molecule has 3 heteroatoms. The molecule has 0 saturated carbocycles. The predicted molar refractivity (Wildman–Crippen MR) is 76.6 cm³/mol. The maximum Gasteiger partial charge on any atom is 0.253 e. The second kappa shape index (κ2) is 6.43. The quantitative estimate of drug-likeness (QED) is 0.787. The molecular formula is C15H24N2O. The van der Waals surface area contributed by atoms with Crippen molar-refractivity contribution in [2.45, 2.75) is 46.6 Å². The van der Waals surface area contributed by atoms with Gasteiger partial charge in [0.05, 0.1) is 5.56 Å². The van der Waals surface area contributed by atoms with Crippen molar-refractivity contribution < 1.29 is 4.79 Å². The number of nitrogens with two attached hydrogens (primary N) is 1. The third-order valence-corrected chi connectivity index (χ3v) is 3.09. The van der Waals surface area contributed by atoms with Gasteiger partial charge in [-0.15, -0.1) is 0 Å². The van der Waals surface area contributed by atoms with E-state index in [0.717, 1.165) is 18.4 Å². The zero-order valence-electron chi connectivity index (χ0n) is 11.8. The number of nitrogens with one attached hydrogen (secondary N) is 1. The molecule has 100 valence electrons. The summed E-state index contributed by atoms with van der Waals surface area (Å²) < 4.78 is 0. The van der Waals surface area contributed by atoms with Crippen LogP contribution in [0.2, 0.25) is 0 Å². The maximum absolute atomic E-state index is 12.2. The normalized spacial score (nSPS) is 12.5. The molecule has 0 saturated heterocycles. The molecule has 1 aromatic carbocycles. The molecule has 0 aromatic heterocycles. The van der Waals surface area contributed by atoms with Crippen LogP contribution in [0.3, 0.4) is 0 Å². The third kappa shape index (κ3) is 4.06. The Bertz CT molecular complexity index is 393. The largest absolute Gasteiger partial charge is 0.398 e. The van der Waals surface area contributed by atoms with Crippen LogP contribution in [0.1, 0.15) is 49.5 Å². The van der Waals surface area contributed by atoms with Crippen molar-refractivity contribution in [1.29, 1.82) is 0 Å². The summed E-state index contributed by atoms with van der Waals surface area (Å²) in [6, 6.07) is 5.72. The number of carbonyl (C=O) groups excluding carboxylic acids is 1. The number of carbonyl (C=O) groups is 1.